The molecule has 0 atom stereocenters. The van der Waals surface area contributed by atoms with Crippen molar-refractivity contribution in [3.8, 4) is 17.9 Å². The summed E-state index contributed by atoms with van der Waals surface area (Å²) in [4.78, 5) is 13.8. The molecule has 1 aromatic heterocycles. The molecule has 1 aromatic carbocycles. The van der Waals surface area contributed by atoms with E-state index in [2.05, 4.69) is 11.4 Å². The Labute approximate surface area is 176 Å². The molecular formula is C20H15Cl2N3O2S. The van der Waals surface area contributed by atoms with Gasteiger partial charge < -0.3 is 10.1 Å². The number of nitrogens with one attached hydrogen (secondary N) is 1. The van der Waals surface area contributed by atoms with Crippen LogP contribution in [-0.4, -0.2) is 13.0 Å². The van der Waals surface area contributed by atoms with E-state index in [0.717, 1.165) is 36.1 Å². The summed E-state index contributed by atoms with van der Waals surface area (Å²) >= 11 is 13.6. The Kier molecular flexibility index (Phi) is 6.26. The van der Waals surface area contributed by atoms with E-state index in [1.54, 1.807) is 12.1 Å². The van der Waals surface area contributed by atoms with Crippen molar-refractivity contribution < 1.29 is 9.53 Å². The minimum absolute atomic E-state index is 0.118. The fourth-order valence-corrected chi connectivity index (χ4v) is 5.01. The molecule has 1 amide bonds. The van der Waals surface area contributed by atoms with Gasteiger partial charge in [-0.1, -0.05) is 23.2 Å². The van der Waals surface area contributed by atoms with Gasteiger partial charge >= 0.3 is 0 Å². The number of thiophene rings is 1. The number of anilines is 1. The van der Waals surface area contributed by atoms with Crippen LogP contribution in [0, 0.1) is 22.7 Å². The second-order valence-electron chi connectivity index (χ2n) is 6.17. The third-order valence-electron chi connectivity index (χ3n) is 4.41. The highest BCUT2D eigenvalue weighted by molar-refractivity contribution is 7.16. The molecule has 0 saturated carbocycles. The molecule has 3 rings (SSSR count). The molecule has 1 heterocycles. The fraction of sp³-hybridized carbons (Fsp3) is 0.250. The summed E-state index contributed by atoms with van der Waals surface area (Å²) in [6.45, 7) is 0. The van der Waals surface area contributed by atoms with Crippen LogP contribution in [0.15, 0.2) is 17.7 Å². The summed E-state index contributed by atoms with van der Waals surface area (Å²) in [6, 6.07) is 7.19. The third-order valence-corrected chi connectivity index (χ3v) is 6.18. The quantitative estimate of drug-likeness (QED) is 0.521. The number of rotatable bonds is 4. The largest absolute Gasteiger partial charge is 0.494 e. The van der Waals surface area contributed by atoms with E-state index in [1.807, 2.05) is 6.07 Å². The van der Waals surface area contributed by atoms with E-state index in [0.29, 0.717) is 21.9 Å². The maximum atomic E-state index is 12.6. The number of fused-ring (bicyclic) bond motifs is 1. The SMILES string of the molecule is COc1c(Cl)cc(C=C(C#N)C(=O)Nc2sc3c(c2C#N)CCCC3)cc1Cl. The molecule has 0 spiro atoms. The number of ether oxygens (including phenoxy) is 1. The molecule has 1 N–H and O–H groups in total. The van der Waals surface area contributed by atoms with E-state index < -0.39 is 5.91 Å². The van der Waals surface area contributed by atoms with Crippen molar-refractivity contribution in [2.75, 3.05) is 12.4 Å². The summed E-state index contributed by atoms with van der Waals surface area (Å²) < 4.78 is 5.10. The highest BCUT2D eigenvalue weighted by Gasteiger charge is 2.22. The summed E-state index contributed by atoms with van der Waals surface area (Å²) in [6.07, 6.45) is 5.26. The maximum absolute atomic E-state index is 12.6. The van der Waals surface area contributed by atoms with Crippen molar-refractivity contribution in [1.82, 2.24) is 0 Å². The zero-order chi connectivity index (χ0) is 20.3. The predicted octanol–water partition coefficient (Wildman–Crippen LogP) is 5.36. The van der Waals surface area contributed by atoms with Crippen molar-refractivity contribution in [2.45, 2.75) is 25.7 Å². The molecule has 0 unspecified atom stereocenters. The molecule has 1 aliphatic carbocycles. The van der Waals surface area contributed by atoms with Gasteiger partial charge in [-0.25, -0.2) is 0 Å². The fourth-order valence-electron chi connectivity index (χ4n) is 3.12. The van der Waals surface area contributed by atoms with Gasteiger partial charge in [-0.05, 0) is 55.0 Å². The maximum Gasteiger partial charge on any atom is 0.266 e. The molecule has 1 aliphatic rings. The highest BCUT2D eigenvalue weighted by atomic mass is 35.5. The zero-order valence-electron chi connectivity index (χ0n) is 14.9. The summed E-state index contributed by atoms with van der Waals surface area (Å²) in [5.41, 5.74) is 1.90. The average Bonchev–Trinajstić information content (AvgIpc) is 3.02. The molecule has 0 aliphatic heterocycles. The first-order valence-electron chi connectivity index (χ1n) is 8.49. The van der Waals surface area contributed by atoms with Crippen LogP contribution in [0.25, 0.3) is 6.08 Å². The van der Waals surface area contributed by atoms with Gasteiger partial charge in [-0.3, -0.25) is 4.79 Å². The van der Waals surface area contributed by atoms with E-state index >= 15 is 0 Å². The lowest BCUT2D eigenvalue weighted by Crippen LogP contribution is -2.13. The van der Waals surface area contributed by atoms with E-state index in [9.17, 15) is 15.3 Å². The van der Waals surface area contributed by atoms with Crippen LogP contribution in [0.1, 0.15) is 34.4 Å². The lowest BCUT2D eigenvalue weighted by Gasteiger charge is -2.09. The first-order valence-corrected chi connectivity index (χ1v) is 10.1. The Morgan fingerprint density at radius 3 is 2.54 bits per heavy atom. The van der Waals surface area contributed by atoms with Gasteiger partial charge in [0.05, 0.1) is 22.7 Å². The van der Waals surface area contributed by atoms with Crippen LogP contribution in [0.3, 0.4) is 0 Å². The molecule has 28 heavy (non-hydrogen) atoms. The number of carbonyl (C=O) groups is 1. The number of halogens is 2. The van der Waals surface area contributed by atoms with Crippen LogP contribution in [0.5, 0.6) is 5.75 Å². The first kappa shape index (κ1) is 20.2. The lowest BCUT2D eigenvalue weighted by atomic mass is 9.96. The molecule has 5 nitrogen and oxygen atoms in total. The molecule has 2 aromatic rings. The van der Waals surface area contributed by atoms with Gasteiger partial charge in [0.2, 0.25) is 0 Å². The van der Waals surface area contributed by atoms with E-state index in [4.69, 9.17) is 27.9 Å². The van der Waals surface area contributed by atoms with Crippen LogP contribution in [0.4, 0.5) is 5.00 Å². The summed E-state index contributed by atoms with van der Waals surface area (Å²) in [5, 5.41) is 22.7. The molecule has 0 bridgehead atoms. The smallest absolute Gasteiger partial charge is 0.266 e. The number of amides is 1. The Morgan fingerprint density at radius 1 is 1.25 bits per heavy atom. The Morgan fingerprint density at radius 2 is 1.93 bits per heavy atom. The second kappa shape index (κ2) is 8.67. The minimum Gasteiger partial charge on any atom is -0.494 e. The summed E-state index contributed by atoms with van der Waals surface area (Å²) in [7, 11) is 1.45. The van der Waals surface area contributed by atoms with E-state index in [-0.39, 0.29) is 15.6 Å². The molecular weight excluding hydrogens is 417 g/mol. The van der Waals surface area contributed by atoms with Gasteiger partial charge in [-0.2, -0.15) is 10.5 Å². The van der Waals surface area contributed by atoms with E-state index in [1.165, 1.54) is 24.5 Å². The first-order chi connectivity index (χ1) is 13.5. The van der Waals surface area contributed by atoms with Crippen molar-refractivity contribution in [1.29, 1.82) is 10.5 Å². The lowest BCUT2D eigenvalue weighted by molar-refractivity contribution is -0.112. The minimum atomic E-state index is -0.583. The summed E-state index contributed by atoms with van der Waals surface area (Å²) in [5.74, 6) is -0.257. The standard InChI is InChI=1S/C20H15Cl2N3O2S/c1-27-18-15(21)7-11(8-16(18)22)6-12(9-23)19(26)25-20-14(10-24)13-4-2-3-5-17(13)28-20/h6-8H,2-5H2,1H3,(H,25,26). The van der Waals surface area contributed by atoms with Gasteiger partial charge in [0, 0.05) is 4.88 Å². The molecule has 8 heteroatoms. The number of benzene rings is 1. The van der Waals surface area contributed by atoms with Crippen LogP contribution in [-0.2, 0) is 17.6 Å². The number of methoxy groups -OCH3 is 1. The van der Waals surface area contributed by atoms with Gasteiger partial charge in [0.15, 0.2) is 5.75 Å². The number of hydrogen-bond acceptors (Lipinski definition) is 5. The van der Waals surface area contributed by atoms with Crippen molar-refractivity contribution >= 4 is 51.5 Å². The van der Waals surface area contributed by atoms with Gasteiger partial charge in [-0.15, -0.1) is 11.3 Å². The topological polar surface area (TPSA) is 85.9 Å². The highest BCUT2D eigenvalue weighted by Crippen LogP contribution is 2.38. The Bertz CT molecular complexity index is 1040. The zero-order valence-corrected chi connectivity index (χ0v) is 17.3. The monoisotopic (exact) mass is 431 g/mol. The molecule has 0 radical (unpaired) electrons. The number of nitrogens with zero attached hydrogens (tertiary/aromatic N) is 2. The third kappa shape index (κ3) is 4.00. The normalized spacial score (nSPS) is 13.2. The second-order valence-corrected chi connectivity index (χ2v) is 8.09. The van der Waals surface area contributed by atoms with Crippen LogP contribution < -0.4 is 10.1 Å². The Hall–Kier alpha value is -2.51. The van der Waals surface area contributed by atoms with Crippen molar-refractivity contribution in [2.24, 2.45) is 0 Å². The Balaban J connectivity index is 1.90. The van der Waals surface area contributed by atoms with Crippen LogP contribution >= 0.6 is 34.5 Å². The number of carbonyl (C=O) groups excluding carboxylic acids is 1. The number of hydrogen-bond donors (Lipinski definition) is 1. The van der Waals surface area contributed by atoms with Gasteiger partial charge in [0.1, 0.15) is 22.7 Å². The number of nitriles is 2. The van der Waals surface area contributed by atoms with Gasteiger partial charge in [0.25, 0.3) is 5.91 Å². The van der Waals surface area contributed by atoms with Crippen molar-refractivity contribution in [3.63, 3.8) is 0 Å². The van der Waals surface area contributed by atoms with Crippen LogP contribution in [0.2, 0.25) is 10.0 Å². The molecule has 0 saturated heterocycles. The molecule has 0 fully saturated rings. The average molecular weight is 432 g/mol. The number of aryl methyl sites for hydroxylation is 1. The molecule has 142 valence electrons. The predicted molar refractivity (Wildman–Crippen MR) is 111 cm³/mol. The van der Waals surface area contributed by atoms with Crippen molar-refractivity contribution in [3.05, 3.63) is 49.3 Å².